The van der Waals surface area contributed by atoms with Crippen molar-refractivity contribution >= 4 is 99.2 Å². The fraction of sp³-hybridized carbons (Fsp3) is 0.607. The number of aliphatic hydroxyl groups is 1. The number of fused-ring (bicyclic) bond motifs is 1. The van der Waals surface area contributed by atoms with E-state index in [1.54, 1.807) is 25.3 Å². The minimum absolute atomic E-state index is 0.0153. The highest BCUT2D eigenvalue weighted by molar-refractivity contribution is 7.98. The Morgan fingerprint density at radius 3 is 2.07 bits per heavy atom. The Kier molecular flexibility index (Phi) is 25.6. The van der Waals surface area contributed by atoms with Gasteiger partial charge in [0.25, 0.3) is 0 Å². The number of nitrogens with two attached hydrogens (primary N) is 2. The highest BCUT2D eigenvalue weighted by Crippen LogP contribution is 2.27. The fourth-order valence-electron chi connectivity index (χ4n) is 9.67. The summed E-state index contributed by atoms with van der Waals surface area (Å²) in [6.07, 6.45) is 2.27. The smallest absolute Gasteiger partial charge is 0.246 e. The van der Waals surface area contributed by atoms with Gasteiger partial charge < -0.3 is 63.1 Å². The third kappa shape index (κ3) is 19.9. The number of thioether (sulfide) groups is 2. The zero-order valence-electron chi connectivity index (χ0n) is 47.4. The number of benzene rings is 1. The van der Waals surface area contributed by atoms with Crippen LogP contribution in [0.2, 0.25) is 5.02 Å². The van der Waals surface area contributed by atoms with Crippen molar-refractivity contribution < 1.29 is 53.0 Å². The SMILES string of the molecule is CC[C@H](C)[C@H](NC(=O)[C@H](CC(C)C)NC(=O)C1(NC(=O)[C@H](CSCc2cccc(CSCCC(N)=O)n2)NC(=O)[C@@H](CC(C)C)NC(=O)[C@H](C)NC(=O)[C@@H]2C[C@@H](O)CN2C(=O)CCc2c[nH]c3ccc(Cl)cc23)CCOCC1)C(N)=O. The third-order valence-corrected chi connectivity index (χ3v) is 16.7. The second-order valence-corrected chi connectivity index (χ2v) is 24.5. The number of aromatic nitrogens is 2. The van der Waals surface area contributed by atoms with E-state index in [2.05, 4.69) is 36.9 Å². The zero-order chi connectivity index (χ0) is 59.6. The molecule has 0 aliphatic carbocycles. The Bertz CT molecular complexity index is 2690. The summed E-state index contributed by atoms with van der Waals surface area (Å²) in [4.78, 5) is 132. The molecule has 9 amide bonds. The molecule has 25 heteroatoms. The number of β-amino-alcohol motifs (C(OH)–C–C–N with tert-alkyl or cyclic N) is 1. The van der Waals surface area contributed by atoms with Crippen LogP contribution in [0.15, 0.2) is 42.6 Å². The Morgan fingerprint density at radius 2 is 1.44 bits per heavy atom. The van der Waals surface area contributed by atoms with Gasteiger partial charge in [-0.3, -0.25) is 48.1 Å². The number of hydrogen-bond donors (Lipinski definition) is 10. The van der Waals surface area contributed by atoms with Crippen LogP contribution in [0.4, 0.5) is 0 Å². The average molecular weight is 1180 g/mol. The van der Waals surface area contributed by atoms with E-state index >= 15 is 0 Å². The molecular weight excluding hydrogens is 1100 g/mol. The van der Waals surface area contributed by atoms with Crippen molar-refractivity contribution in [3.63, 3.8) is 0 Å². The molecule has 2 aliphatic rings. The summed E-state index contributed by atoms with van der Waals surface area (Å²) < 4.78 is 5.65. The topological polar surface area (TPSA) is 339 Å². The molecule has 0 bridgehead atoms. The Morgan fingerprint density at radius 1 is 0.815 bits per heavy atom. The monoisotopic (exact) mass is 1180 g/mol. The number of aryl methyl sites for hydroxylation is 1. The van der Waals surface area contributed by atoms with Gasteiger partial charge in [-0.2, -0.15) is 23.5 Å². The van der Waals surface area contributed by atoms with Gasteiger partial charge in [0.2, 0.25) is 53.2 Å². The molecule has 2 aliphatic heterocycles. The van der Waals surface area contributed by atoms with Crippen LogP contribution in [0.1, 0.15) is 117 Å². The van der Waals surface area contributed by atoms with E-state index in [4.69, 9.17) is 32.8 Å². The maximum absolute atomic E-state index is 14.8. The van der Waals surface area contributed by atoms with E-state index in [-0.39, 0.29) is 94.1 Å². The maximum atomic E-state index is 14.8. The van der Waals surface area contributed by atoms with Gasteiger partial charge in [0.05, 0.1) is 17.5 Å². The normalized spacial score (nSPS) is 18.2. The number of likely N-dealkylation sites (tertiary alicyclic amines) is 1. The summed E-state index contributed by atoms with van der Waals surface area (Å²) in [5, 5.41) is 28.8. The van der Waals surface area contributed by atoms with Crippen LogP contribution in [-0.2, 0) is 65.8 Å². The predicted molar refractivity (Wildman–Crippen MR) is 312 cm³/mol. The number of nitrogens with one attached hydrogen (secondary N) is 7. The third-order valence-electron chi connectivity index (χ3n) is 14.4. The average Bonchev–Trinajstić information content (AvgIpc) is 4.03. The van der Waals surface area contributed by atoms with Crippen LogP contribution in [0.3, 0.4) is 0 Å². The predicted octanol–water partition coefficient (Wildman–Crippen LogP) is 2.89. The first-order chi connectivity index (χ1) is 38.4. The summed E-state index contributed by atoms with van der Waals surface area (Å²) in [6, 6.07) is 4.01. The lowest BCUT2D eigenvalue weighted by atomic mass is 9.87. The van der Waals surface area contributed by atoms with Crippen LogP contribution in [-0.4, -0.2) is 152 Å². The second kappa shape index (κ2) is 31.5. The molecule has 81 heavy (non-hydrogen) atoms. The van der Waals surface area contributed by atoms with Gasteiger partial charge in [-0.05, 0) is 79.8 Å². The first-order valence-corrected chi connectivity index (χ1v) is 30.4. The minimum atomic E-state index is -1.61. The maximum Gasteiger partial charge on any atom is 0.246 e. The summed E-state index contributed by atoms with van der Waals surface area (Å²) in [6.45, 7) is 12.6. The Labute approximate surface area is 487 Å². The van der Waals surface area contributed by atoms with Gasteiger partial charge in [-0.25, -0.2) is 0 Å². The lowest BCUT2D eigenvalue weighted by molar-refractivity contribution is -0.141. The number of aliphatic hydroxyl groups excluding tert-OH is 1. The number of carbonyl (C=O) groups is 9. The molecule has 22 nitrogen and oxygen atoms in total. The largest absolute Gasteiger partial charge is 0.391 e. The lowest BCUT2D eigenvalue weighted by Gasteiger charge is -2.39. The van der Waals surface area contributed by atoms with Crippen molar-refractivity contribution in [3.05, 3.63) is 64.6 Å². The molecule has 0 saturated carbocycles. The molecule has 0 spiro atoms. The second-order valence-electron chi connectivity index (χ2n) is 22.0. The van der Waals surface area contributed by atoms with Crippen LogP contribution >= 0.6 is 35.1 Å². The summed E-state index contributed by atoms with van der Waals surface area (Å²) in [7, 11) is 0. The van der Waals surface area contributed by atoms with Crippen molar-refractivity contribution in [2.75, 3.05) is 31.3 Å². The molecule has 5 rings (SSSR count). The Balaban J connectivity index is 1.33. The molecule has 2 fully saturated rings. The van der Waals surface area contributed by atoms with Crippen LogP contribution in [0, 0.1) is 17.8 Å². The number of nitrogens with zero attached hydrogens (tertiary/aromatic N) is 2. The number of primary amides is 2. The molecule has 1 aromatic carbocycles. The minimum Gasteiger partial charge on any atom is -0.391 e. The van der Waals surface area contributed by atoms with E-state index in [1.165, 1.54) is 35.3 Å². The standard InChI is InChI=1S/C56H82ClN11O11S2/c1-8-33(6)48(49(59)72)66-52(75)43(23-32(4)5)65-55(78)56(17-19-79-20-18-56)67-53(76)44(30-81-29-38-11-9-10-37(62-38)28-80-21-16-46(58)70)64-51(74)42(22-31(2)3)63-50(73)34(7)61-54(77)45-25-39(69)27-68(45)47(71)15-12-35-26-60-41-14-13-36(57)24-40(35)41/h9-11,13-14,24,26,31-34,39,42-45,48,60,69H,8,12,15-23,25,27-30H2,1-7H3,(H2,58,70)(H2,59,72)(H,61,77)(H,63,73)(H,64,74)(H,65,78)(H,66,75)(H,67,76)/t33-,34-,39+,42+,43-,44-,45-,48-/m0/s1. The lowest BCUT2D eigenvalue weighted by Crippen LogP contribution is -2.67. The van der Waals surface area contributed by atoms with E-state index in [1.807, 2.05) is 58.9 Å². The van der Waals surface area contributed by atoms with Crippen molar-refractivity contribution in [3.8, 4) is 0 Å². The first-order valence-electron chi connectivity index (χ1n) is 27.7. The quantitative estimate of drug-likeness (QED) is 0.0415. The summed E-state index contributed by atoms with van der Waals surface area (Å²) >= 11 is 9.02. The van der Waals surface area contributed by atoms with Crippen molar-refractivity contribution in [1.29, 1.82) is 0 Å². The molecule has 8 atom stereocenters. The van der Waals surface area contributed by atoms with Gasteiger partial charge in [0.1, 0.15) is 41.8 Å². The molecule has 0 radical (unpaired) electrons. The number of amides is 9. The van der Waals surface area contributed by atoms with Crippen molar-refractivity contribution in [2.45, 2.75) is 166 Å². The molecule has 12 N–H and O–H groups in total. The molecule has 2 aromatic heterocycles. The van der Waals surface area contributed by atoms with Gasteiger partial charge in [-0.1, -0.05) is 65.6 Å². The Hall–Kier alpha value is -5.95. The first kappa shape index (κ1) is 65.9. The van der Waals surface area contributed by atoms with Gasteiger partial charge >= 0.3 is 0 Å². The van der Waals surface area contributed by atoms with E-state index in [9.17, 15) is 48.3 Å². The number of carbonyl (C=O) groups excluding carboxylic acids is 9. The van der Waals surface area contributed by atoms with Gasteiger partial charge in [-0.15, -0.1) is 0 Å². The zero-order valence-corrected chi connectivity index (χ0v) is 49.8. The van der Waals surface area contributed by atoms with Gasteiger partial charge in [0, 0.05) is 97.0 Å². The van der Waals surface area contributed by atoms with Crippen LogP contribution in [0.25, 0.3) is 10.9 Å². The number of hydrogen-bond acceptors (Lipinski definition) is 14. The van der Waals surface area contributed by atoms with Gasteiger partial charge in [0.15, 0.2) is 0 Å². The molecule has 446 valence electrons. The van der Waals surface area contributed by atoms with Crippen molar-refractivity contribution in [1.82, 2.24) is 46.8 Å². The number of pyridine rings is 1. The number of rotatable bonds is 31. The number of aromatic amines is 1. The van der Waals surface area contributed by atoms with Crippen LogP contribution in [0.5, 0.6) is 0 Å². The summed E-state index contributed by atoms with van der Waals surface area (Å²) in [5.41, 5.74) is 12.5. The fourth-order valence-corrected chi connectivity index (χ4v) is 11.7. The highest BCUT2D eigenvalue weighted by Gasteiger charge is 2.45. The number of H-pyrrole nitrogens is 1. The molecule has 2 saturated heterocycles. The molecule has 0 unspecified atom stereocenters. The summed E-state index contributed by atoms with van der Waals surface area (Å²) in [5.74, 6) is -4.78. The molecule has 3 aromatic rings. The molecule has 4 heterocycles. The van der Waals surface area contributed by atoms with Crippen molar-refractivity contribution in [2.24, 2.45) is 29.2 Å². The van der Waals surface area contributed by atoms with E-state index in [0.717, 1.165) is 22.2 Å². The highest BCUT2D eigenvalue weighted by atomic mass is 35.5. The van der Waals surface area contributed by atoms with E-state index < -0.39 is 95.2 Å². The van der Waals surface area contributed by atoms with E-state index in [0.29, 0.717) is 40.8 Å². The molecular formula is C56H82ClN11O11S2. The number of ether oxygens (including phenoxy) is 1. The van der Waals surface area contributed by atoms with Crippen LogP contribution < -0.4 is 43.4 Å². The number of halogens is 1.